The van der Waals surface area contributed by atoms with Gasteiger partial charge in [0.2, 0.25) is 0 Å². The molecule has 0 saturated heterocycles. The van der Waals surface area contributed by atoms with Crippen LogP contribution in [0.4, 0.5) is 0 Å². The minimum absolute atomic E-state index is 0.554. The van der Waals surface area contributed by atoms with E-state index in [1.165, 1.54) is 21.5 Å². The second-order valence-electron chi connectivity index (χ2n) is 6.95. The summed E-state index contributed by atoms with van der Waals surface area (Å²) in [5.74, 6) is 0. The van der Waals surface area contributed by atoms with E-state index in [0.717, 1.165) is 6.42 Å². The van der Waals surface area contributed by atoms with Crippen LogP contribution in [0.3, 0.4) is 0 Å². The summed E-state index contributed by atoms with van der Waals surface area (Å²) < 4.78 is 12.4. The molecule has 0 aliphatic carbocycles. The predicted molar refractivity (Wildman–Crippen MR) is 124 cm³/mol. The van der Waals surface area contributed by atoms with E-state index >= 15 is 0 Å². The zero-order valence-corrected chi connectivity index (χ0v) is 18.0. The number of ether oxygens (including phenoxy) is 1. The van der Waals surface area contributed by atoms with Crippen molar-refractivity contribution < 1.29 is 9.16 Å². The molecule has 0 spiro atoms. The number of hydrogen-bond donors (Lipinski definition) is 0. The first-order chi connectivity index (χ1) is 14.3. The van der Waals surface area contributed by atoms with Crippen molar-refractivity contribution in [3.05, 3.63) is 120 Å². The van der Waals surface area contributed by atoms with Crippen molar-refractivity contribution in [3.63, 3.8) is 0 Å². The Morgan fingerprint density at radius 2 is 1.34 bits per heavy atom. The number of rotatable bonds is 10. The zero-order chi connectivity index (χ0) is 20.4. The summed E-state index contributed by atoms with van der Waals surface area (Å²) in [6.45, 7) is 5.09. The monoisotopic (exact) mass is 400 g/mol. The highest BCUT2D eigenvalue weighted by atomic mass is 28.4. The van der Waals surface area contributed by atoms with Gasteiger partial charge in [-0.3, -0.25) is 0 Å². The molecular weight excluding hydrogens is 372 g/mol. The molecule has 0 aromatic heterocycles. The van der Waals surface area contributed by atoms with Crippen LogP contribution < -0.4 is 10.4 Å². The SMILES string of the molecule is C=CC/C(=C\[Si](OC)(c1ccccc1)c1ccccc1)COCc1ccccc1. The summed E-state index contributed by atoms with van der Waals surface area (Å²) in [5, 5.41) is 2.44. The first-order valence-corrected chi connectivity index (χ1v) is 11.9. The number of hydrogen-bond acceptors (Lipinski definition) is 2. The topological polar surface area (TPSA) is 18.5 Å². The van der Waals surface area contributed by atoms with E-state index in [1.54, 1.807) is 0 Å². The maximum absolute atomic E-state index is 6.32. The van der Waals surface area contributed by atoms with Crippen molar-refractivity contribution in [1.29, 1.82) is 0 Å². The molecule has 0 aliphatic rings. The molecule has 0 heterocycles. The fourth-order valence-electron chi connectivity index (χ4n) is 3.51. The normalized spacial score (nSPS) is 12.0. The van der Waals surface area contributed by atoms with Gasteiger partial charge in [-0.15, -0.1) is 6.58 Å². The van der Waals surface area contributed by atoms with Crippen molar-refractivity contribution in [1.82, 2.24) is 0 Å². The zero-order valence-electron chi connectivity index (χ0n) is 17.0. The average molecular weight is 401 g/mol. The van der Waals surface area contributed by atoms with Crippen molar-refractivity contribution in [2.45, 2.75) is 13.0 Å². The molecular formula is C26H28O2Si. The van der Waals surface area contributed by atoms with Crippen LogP contribution in [0.1, 0.15) is 12.0 Å². The summed E-state index contributed by atoms with van der Waals surface area (Å²) in [5.41, 5.74) is 4.69. The molecule has 0 bridgehead atoms. The standard InChI is InChI=1S/C26H28O2Si/c1-3-13-24(21-28-20-23-14-7-4-8-15-23)22-29(27-2,25-16-9-5-10-17-25)26-18-11-6-12-19-26/h3-12,14-19,22H,1,13,20-21H2,2H3/b24-22+. The Balaban J connectivity index is 1.93. The summed E-state index contributed by atoms with van der Waals surface area (Å²) in [7, 11) is -0.723. The van der Waals surface area contributed by atoms with Crippen LogP contribution in [0.2, 0.25) is 0 Å². The van der Waals surface area contributed by atoms with Gasteiger partial charge in [-0.1, -0.05) is 103 Å². The third-order valence-corrected chi connectivity index (χ3v) is 8.78. The number of benzene rings is 3. The Morgan fingerprint density at radius 3 is 1.83 bits per heavy atom. The molecule has 0 saturated carbocycles. The van der Waals surface area contributed by atoms with Crippen LogP contribution in [-0.4, -0.2) is 22.0 Å². The molecule has 0 amide bonds. The summed E-state index contributed by atoms with van der Waals surface area (Å²) in [4.78, 5) is 0. The van der Waals surface area contributed by atoms with Gasteiger partial charge < -0.3 is 9.16 Å². The van der Waals surface area contributed by atoms with Gasteiger partial charge in [0, 0.05) is 7.11 Å². The Bertz CT molecular complexity index is 866. The van der Waals surface area contributed by atoms with Gasteiger partial charge in [0.1, 0.15) is 0 Å². The minimum atomic E-state index is -2.54. The largest absolute Gasteiger partial charge is 0.408 e. The van der Waals surface area contributed by atoms with Gasteiger partial charge in [0.15, 0.2) is 0 Å². The Hall–Kier alpha value is -2.72. The highest BCUT2D eigenvalue weighted by molar-refractivity contribution is 7.01. The van der Waals surface area contributed by atoms with E-state index < -0.39 is 8.32 Å². The van der Waals surface area contributed by atoms with E-state index in [4.69, 9.17) is 9.16 Å². The highest BCUT2D eigenvalue weighted by Crippen LogP contribution is 2.15. The predicted octanol–water partition coefficient (Wildman–Crippen LogP) is 4.65. The molecule has 29 heavy (non-hydrogen) atoms. The van der Waals surface area contributed by atoms with Gasteiger partial charge in [-0.2, -0.15) is 0 Å². The van der Waals surface area contributed by atoms with Gasteiger partial charge >= 0.3 is 0 Å². The molecule has 0 unspecified atom stereocenters. The van der Waals surface area contributed by atoms with Gasteiger partial charge in [0.05, 0.1) is 13.2 Å². The maximum Gasteiger partial charge on any atom is 0.280 e. The molecule has 3 heteroatoms. The van der Waals surface area contributed by atoms with Crippen LogP contribution >= 0.6 is 0 Å². The van der Waals surface area contributed by atoms with Gasteiger partial charge in [-0.25, -0.2) is 0 Å². The van der Waals surface area contributed by atoms with E-state index in [9.17, 15) is 0 Å². The molecule has 3 aromatic rings. The van der Waals surface area contributed by atoms with E-state index in [2.05, 4.69) is 72.9 Å². The van der Waals surface area contributed by atoms with Crippen LogP contribution in [0.5, 0.6) is 0 Å². The van der Waals surface area contributed by atoms with Crippen molar-refractivity contribution in [2.24, 2.45) is 0 Å². The highest BCUT2D eigenvalue weighted by Gasteiger charge is 2.36. The molecule has 0 fully saturated rings. The third-order valence-electron chi connectivity index (χ3n) is 4.94. The van der Waals surface area contributed by atoms with E-state index in [0.29, 0.717) is 13.2 Å². The van der Waals surface area contributed by atoms with Crippen LogP contribution in [-0.2, 0) is 15.8 Å². The lowest BCUT2D eigenvalue weighted by Gasteiger charge is -2.29. The molecule has 148 valence electrons. The van der Waals surface area contributed by atoms with Gasteiger partial charge in [0.25, 0.3) is 8.32 Å². The van der Waals surface area contributed by atoms with Crippen molar-refractivity contribution in [3.8, 4) is 0 Å². The van der Waals surface area contributed by atoms with Crippen LogP contribution in [0.25, 0.3) is 0 Å². The Kier molecular flexibility index (Phi) is 7.76. The summed E-state index contributed by atoms with van der Waals surface area (Å²) in [6.07, 6.45) is 2.70. The minimum Gasteiger partial charge on any atom is -0.408 e. The second-order valence-corrected chi connectivity index (χ2v) is 10.3. The molecule has 0 atom stereocenters. The molecule has 0 N–H and O–H groups in total. The average Bonchev–Trinajstić information content (AvgIpc) is 2.79. The summed E-state index contributed by atoms with van der Waals surface area (Å²) >= 11 is 0. The lowest BCUT2D eigenvalue weighted by Crippen LogP contribution is -2.59. The summed E-state index contributed by atoms with van der Waals surface area (Å²) in [6, 6.07) is 31.3. The molecule has 0 radical (unpaired) electrons. The first-order valence-electron chi connectivity index (χ1n) is 9.88. The molecule has 3 aromatic carbocycles. The molecule has 3 rings (SSSR count). The smallest absolute Gasteiger partial charge is 0.280 e. The second kappa shape index (κ2) is 10.7. The van der Waals surface area contributed by atoms with Crippen molar-refractivity contribution >= 4 is 18.7 Å². The van der Waals surface area contributed by atoms with Crippen molar-refractivity contribution in [2.75, 3.05) is 13.7 Å². The van der Waals surface area contributed by atoms with E-state index in [-0.39, 0.29) is 0 Å². The third kappa shape index (κ3) is 5.42. The fourth-order valence-corrected chi connectivity index (χ4v) is 6.91. The molecule has 2 nitrogen and oxygen atoms in total. The van der Waals surface area contributed by atoms with Gasteiger partial charge in [-0.05, 0) is 27.9 Å². The van der Waals surface area contributed by atoms with E-state index in [1.807, 2.05) is 43.5 Å². The lowest BCUT2D eigenvalue weighted by atomic mass is 10.2. The Labute approximate surface area is 175 Å². The molecule has 0 aliphatic heterocycles. The Morgan fingerprint density at radius 1 is 0.828 bits per heavy atom. The first kappa shape index (κ1) is 21.0. The fraction of sp³-hybridized carbons (Fsp3) is 0.154. The maximum atomic E-state index is 6.32. The quantitative estimate of drug-likeness (QED) is 0.364. The number of allylic oxidation sites excluding steroid dienone is 1. The van der Waals surface area contributed by atoms with Crippen LogP contribution in [0.15, 0.2) is 115 Å². The lowest BCUT2D eigenvalue weighted by molar-refractivity contribution is 0.141. The van der Waals surface area contributed by atoms with Crippen LogP contribution in [0, 0.1) is 0 Å².